The van der Waals surface area contributed by atoms with Gasteiger partial charge >= 0.3 is 6.09 Å². The third-order valence-corrected chi connectivity index (χ3v) is 3.50. The van der Waals surface area contributed by atoms with E-state index < -0.39 is 25.4 Å². The van der Waals surface area contributed by atoms with E-state index in [-0.39, 0.29) is 13.2 Å². The number of rotatable bonds is 0. The molecule has 0 saturated carbocycles. The van der Waals surface area contributed by atoms with E-state index in [1.165, 1.54) is 4.90 Å². The van der Waals surface area contributed by atoms with Crippen LogP contribution in [0.15, 0.2) is 0 Å². The SMILES string of the molecule is CC(C)(C)OC(=O)N1CCOCC(O)(C#C[Si](C)(C)C)C1. The molecule has 120 valence electrons. The van der Waals surface area contributed by atoms with Crippen molar-refractivity contribution in [1.82, 2.24) is 4.90 Å². The zero-order valence-electron chi connectivity index (χ0n) is 13.9. The van der Waals surface area contributed by atoms with Crippen LogP contribution in [0.1, 0.15) is 20.8 Å². The van der Waals surface area contributed by atoms with Crippen molar-refractivity contribution in [3.8, 4) is 11.5 Å². The molecule has 0 aliphatic carbocycles. The minimum atomic E-state index is -1.60. The highest BCUT2D eigenvalue weighted by molar-refractivity contribution is 6.83. The third-order valence-electron chi connectivity index (χ3n) is 2.62. The molecule has 1 atom stereocenters. The average Bonchev–Trinajstić information content (AvgIpc) is 2.46. The molecule has 0 aromatic rings. The van der Waals surface area contributed by atoms with Gasteiger partial charge in [-0.2, -0.15) is 0 Å². The minimum absolute atomic E-state index is 0.111. The molecule has 1 unspecified atom stereocenters. The highest BCUT2D eigenvalue weighted by Gasteiger charge is 2.35. The zero-order chi connectivity index (χ0) is 16.3. The van der Waals surface area contributed by atoms with E-state index in [0.717, 1.165) is 0 Å². The fourth-order valence-electron chi connectivity index (χ4n) is 1.72. The molecule has 1 rings (SSSR count). The summed E-state index contributed by atoms with van der Waals surface area (Å²) in [6.45, 7) is 12.8. The van der Waals surface area contributed by atoms with Crippen LogP contribution in [0.2, 0.25) is 19.6 Å². The summed E-state index contributed by atoms with van der Waals surface area (Å²) in [7, 11) is -1.60. The Kier molecular flexibility index (Phi) is 5.48. The molecule has 1 heterocycles. The molecular formula is C15H27NO4Si. The van der Waals surface area contributed by atoms with Crippen molar-refractivity contribution >= 4 is 14.2 Å². The second kappa shape index (κ2) is 6.38. The Hall–Kier alpha value is -1.03. The third kappa shape index (κ3) is 6.98. The monoisotopic (exact) mass is 313 g/mol. The number of hydrogen-bond acceptors (Lipinski definition) is 4. The Labute approximate surface area is 128 Å². The molecule has 1 amide bonds. The summed E-state index contributed by atoms with van der Waals surface area (Å²) >= 11 is 0. The lowest BCUT2D eigenvalue weighted by molar-refractivity contribution is -0.00316. The highest BCUT2D eigenvalue weighted by atomic mass is 28.3. The summed E-state index contributed by atoms with van der Waals surface area (Å²) in [5.74, 6) is 2.92. The molecule has 0 spiro atoms. The van der Waals surface area contributed by atoms with Crippen LogP contribution in [-0.4, -0.2) is 61.7 Å². The van der Waals surface area contributed by atoms with Gasteiger partial charge in [0.25, 0.3) is 0 Å². The van der Waals surface area contributed by atoms with Crippen molar-refractivity contribution in [2.24, 2.45) is 0 Å². The summed E-state index contributed by atoms with van der Waals surface area (Å²) in [6, 6.07) is 0. The van der Waals surface area contributed by atoms with E-state index in [9.17, 15) is 9.90 Å². The smallest absolute Gasteiger partial charge is 0.410 e. The molecule has 1 aliphatic rings. The largest absolute Gasteiger partial charge is 0.444 e. The molecule has 1 aliphatic heterocycles. The van der Waals surface area contributed by atoms with Crippen LogP contribution in [0.3, 0.4) is 0 Å². The van der Waals surface area contributed by atoms with Crippen LogP contribution in [0.25, 0.3) is 0 Å². The normalized spacial score (nSPS) is 23.9. The van der Waals surface area contributed by atoms with Gasteiger partial charge in [0.15, 0.2) is 5.60 Å². The lowest BCUT2D eigenvalue weighted by Gasteiger charge is -2.29. The predicted molar refractivity (Wildman–Crippen MR) is 84.7 cm³/mol. The summed E-state index contributed by atoms with van der Waals surface area (Å²) in [4.78, 5) is 13.6. The Balaban J connectivity index is 2.85. The van der Waals surface area contributed by atoms with Crippen molar-refractivity contribution in [3.05, 3.63) is 0 Å². The van der Waals surface area contributed by atoms with E-state index in [1.807, 2.05) is 20.8 Å². The molecule has 6 heteroatoms. The maximum Gasteiger partial charge on any atom is 0.410 e. The lowest BCUT2D eigenvalue weighted by Crippen LogP contribution is -2.47. The molecule has 1 N–H and O–H groups in total. The van der Waals surface area contributed by atoms with Crippen LogP contribution < -0.4 is 0 Å². The number of nitrogens with zero attached hydrogens (tertiary/aromatic N) is 1. The van der Waals surface area contributed by atoms with Crippen molar-refractivity contribution < 1.29 is 19.4 Å². The van der Waals surface area contributed by atoms with Gasteiger partial charge in [-0.1, -0.05) is 25.6 Å². The second-order valence-corrected chi connectivity index (χ2v) is 12.2. The quantitative estimate of drug-likeness (QED) is 0.548. The first-order valence-electron chi connectivity index (χ1n) is 7.23. The number of aliphatic hydroxyl groups is 1. The molecular weight excluding hydrogens is 286 g/mol. The first-order valence-corrected chi connectivity index (χ1v) is 10.7. The van der Waals surface area contributed by atoms with E-state index >= 15 is 0 Å². The molecule has 1 fully saturated rings. The molecule has 5 nitrogen and oxygen atoms in total. The van der Waals surface area contributed by atoms with Crippen molar-refractivity contribution in [2.75, 3.05) is 26.3 Å². The summed E-state index contributed by atoms with van der Waals surface area (Å²) in [6.07, 6.45) is -0.443. The minimum Gasteiger partial charge on any atom is -0.444 e. The Morgan fingerprint density at radius 1 is 1.38 bits per heavy atom. The number of carbonyl (C=O) groups excluding carboxylic acids is 1. The van der Waals surface area contributed by atoms with Gasteiger partial charge in [0.05, 0.1) is 19.8 Å². The Morgan fingerprint density at radius 3 is 2.52 bits per heavy atom. The topological polar surface area (TPSA) is 59.0 Å². The van der Waals surface area contributed by atoms with Gasteiger partial charge in [-0.3, -0.25) is 0 Å². The molecule has 0 aromatic carbocycles. The number of β-amino-alcohol motifs (C(OH)–C–C–N with tert-alkyl or cyclic N) is 1. The van der Waals surface area contributed by atoms with Crippen molar-refractivity contribution in [3.63, 3.8) is 0 Å². The standard InChI is InChI=1S/C15H27NO4Si/c1-14(2,3)20-13(17)16-8-9-19-12-15(18,11-16)7-10-21(4,5)6/h18H,8-9,11-12H2,1-6H3. The summed E-state index contributed by atoms with van der Waals surface area (Å²) < 4.78 is 10.8. The van der Waals surface area contributed by atoms with Crippen LogP contribution in [0.4, 0.5) is 4.79 Å². The maximum atomic E-state index is 12.2. The lowest BCUT2D eigenvalue weighted by atomic mass is 10.1. The average molecular weight is 313 g/mol. The molecule has 1 saturated heterocycles. The second-order valence-electron chi connectivity index (χ2n) is 7.49. The predicted octanol–water partition coefficient (Wildman–Crippen LogP) is 1.87. The fraction of sp³-hybridized carbons (Fsp3) is 0.800. The van der Waals surface area contributed by atoms with Gasteiger partial charge in [-0.15, -0.1) is 5.54 Å². The molecule has 0 bridgehead atoms. The zero-order valence-corrected chi connectivity index (χ0v) is 14.9. The van der Waals surface area contributed by atoms with E-state index in [2.05, 4.69) is 31.1 Å². The first kappa shape index (κ1) is 18.0. The van der Waals surface area contributed by atoms with Gasteiger partial charge in [0, 0.05) is 6.54 Å². The van der Waals surface area contributed by atoms with Crippen LogP contribution in [-0.2, 0) is 9.47 Å². The summed E-state index contributed by atoms with van der Waals surface area (Å²) in [5, 5.41) is 10.6. The Bertz CT molecular complexity index is 441. The van der Waals surface area contributed by atoms with Crippen molar-refractivity contribution in [2.45, 2.75) is 51.6 Å². The fourth-order valence-corrected chi connectivity index (χ4v) is 2.33. The Morgan fingerprint density at radius 2 is 2.00 bits per heavy atom. The van der Waals surface area contributed by atoms with Crippen LogP contribution >= 0.6 is 0 Å². The number of ether oxygens (including phenoxy) is 2. The van der Waals surface area contributed by atoms with Crippen LogP contribution in [0.5, 0.6) is 0 Å². The first-order chi connectivity index (χ1) is 9.40. The molecule has 21 heavy (non-hydrogen) atoms. The van der Waals surface area contributed by atoms with Crippen molar-refractivity contribution in [1.29, 1.82) is 0 Å². The molecule has 0 aromatic heterocycles. The summed E-state index contributed by atoms with van der Waals surface area (Å²) in [5.41, 5.74) is 1.26. The molecule has 0 radical (unpaired) electrons. The van der Waals surface area contributed by atoms with Gasteiger partial charge < -0.3 is 19.5 Å². The van der Waals surface area contributed by atoms with E-state index in [1.54, 1.807) is 0 Å². The van der Waals surface area contributed by atoms with Gasteiger partial charge in [0.2, 0.25) is 0 Å². The van der Waals surface area contributed by atoms with Gasteiger partial charge in [-0.25, -0.2) is 4.79 Å². The van der Waals surface area contributed by atoms with Crippen LogP contribution in [0, 0.1) is 11.5 Å². The van der Waals surface area contributed by atoms with E-state index in [4.69, 9.17) is 9.47 Å². The number of amides is 1. The van der Waals surface area contributed by atoms with Gasteiger partial charge in [0.1, 0.15) is 13.7 Å². The number of hydrogen-bond donors (Lipinski definition) is 1. The highest BCUT2D eigenvalue weighted by Crippen LogP contribution is 2.16. The van der Waals surface area contributed by atoms with Gasteiger partial charge in [-0.05, 0) is 20.8 Å². The maximum absolute atomic E-state index is 12.2. The van der Waals surface area contributed by atoms with E-state index in [0.29, 0.717) is 13.2 Å². The number of carbonyl (C=O) groups is 1.